The Morgan fingerprint density at radius 3 is 2.67 bits per heavy atom. The Morgan fingerprint density at radius 2 is 1.97 bits per heavy atom. The number of rotatable bonds is 10. The Morgan fingerprint density at radius 1 is 1.21 bits per heavy atom. The van der Waals surface area contributed by atoms with Crippen LogP contribution in [0.15, 0.2) is 35.8 Å². The van der Waals surface area contributed by atoms with Gasteiger partial charge in [-0.2, -0.15) is 0 Å². The minimum absolute atomic E-state index is 0.0242. The first-order valence-electron chi connectivity index (χ1n) is 10.9. The lowest BCUT2D eigenvalue weighted by atomic mass is 9.86. The maximum atomic E-state index is 12.4. The van der Waals surface area contributed by atoms with E-state index in [1.54, 1.807) is 35.7 Å². The molecule has 0 aliphatic heterocycles. The van der Waals surface area contributed by atoms with Gasteiger partial charge in [0.25, 0.3) is 5.91 Å². The van der Waals surface area contributed by atoms with Crippen molar-refractivity contribution in [2.45, 2.75) is 52.9 Å². The van der Waals surface area contributed by atoms with Gasteiger partial charge in [0.2, 0.25) is 5.91 Å². The molecule has 3 N–H and O–H groups in total. The average molecular weight is 487 g/mol. The molecule has 0 bridgehead atoms. The van der Waals surface area contributed by atoms with E-state index in [4.69, 9.17) is 0 Å². The normalized spacial score (nSPS) is 11.5. The molecule has 0 atom stereocenters. The number of nitrogens with zero attached hydrogens (tertiary/aromatic N) is 2. The second-order valence-electron chi connectivity index (χ2n) is 9.04. The van der Waals surface area contributed by atoms with Crippen molar-refractivity contribution >= 4 is 39.6 Å². The van der Waals surface area contributed by atoms with Gasteiger partial charge in [0.05, 0.1) is 22.7 Å². The number of hydrogen-bond acceptors (Lipinski definition) is 7. The Kier molecular flexibility index (Phi) is 8.20. The first-order chi connectivity index (χ1) is 15.6. The van der Waals surface area contributed by atoms with E-state index in [2.05, 4.69) is 48.3 Å². The minimum Gasteiger partial charge on any atom is -0.507 e. The molecule has 0 aliphatic rings. The van der Waals surface area contributed by atoms with E-state index < -0.39 is 0 Å². The SMILES string of the molecule is CC(C)c1cnc(NC(=O)Cc2csc(CC(C)(C)CCNC(=O)c3ccccc3O)n2)s1. The molecule has 3 aromatic rings. The number of amides is 2. The number of carbonyl (C=O) groups is 2. The number of aromatic hydroxyl groups is 1. The molecule has 2 amide bonds. The summed E-state index contributed by atoms with van der Waals surface area (Å²) in [5.41, 5.74) is 0.936. The number of carbonyl (C=O) groups excluding carboxylic acids is 2. The summed E-state index contributed by atoms with van der Waals surface area (Å²) in [5, 5.41) is 19.0. The van der Waals surface area contributed by atoms with Crippen LogP contribution in [0.3, 0.4) is 0 Å². The highest BCUT2D eigenvalue weighted by atomic mass is 32.1. The molecule has 0 fully saturated rings. The summed E-state index contributed by atoms with van der Waals surface area (Å²) < 4.78 is 0. The molecule has 0 unspecified atom stereocenters. The van der Waals surface area contributed by atoms with Crippen molar-refractivity contribution in [3.8, 4) is 5.75 Å². The van der Waals surface area contributed by atoms with E-state index in [1.165, 1.54) is 17.4 Å². The standard InChI is InChI=1S/C24H30N4O3S2/c1-15(2)19-13-26-23(33-19)28-20(30)11-16-14-32-21(27-16)12-24(3,4)9-10-25-22(31)17-7-5-6-8-18(17)29/h5-8,13-15,29H,9-12H2,1-4H3,(H,25,31)(H,26,28,30). The van der Waals surface area contributed by atoms with Crippen molar-refractivity contribution in [3.05, 3.63) is 57.0 Å². The van der Waals surface area contributed by atoms with Crippen LogP contribution in [0.4, 0.5) is 5.13 Å². The Hall–Kier alpha value is -2.78. The first-order valence-corrected chi connectivity index (χ1v) is 12.6. The summed E-state index contributed by atoms with van der Waals surface area (Å²) in [4.78, 5) is 34.7. The topological polar surface area (TPSA) is 104 Å². The fourth-order valence-corrected chi connectivity index (χ4v) is 5.11. The van der Waals surface area contributed by atoms with Crippen molar-refractivity contribution in [2.75, 3.05) is 11.9 Å². The van der Waals surface area contributed by atoms with Crippen molar-refractivity contribution in [1.82, 2.24) is 15.3 Å². The summed E-state index contributed by atoms with van der Waals surface area (Å²) in [6, 6.07) is 6.50. The number of aromatic nitrogens is 2. The Balaban J connectivity index is 1.46. The maximum absolute atomic E-state index is 12.4. The summed E-state index contributed by atoms with van der Waals surface area (Å²) in [7, 11) is 0. The monoisotopic (exact) mass is 486 g/mol. The van der Waals surface area contributed by atoms with Crippen LogP contribution in [-0.2, 0) is 17.6 Å². The van der Waals surface area contributed by atoms with Crippen molar-refractivity contribution < 1.29 is 14.7 Å². The minimum atomic E-state index is -0.285. The third-order valence-electron chi connectivity index (χ3n) is 5.15. The predicted octanol–water partition coefficient (Wildman–Crippen LogP) is 5.00. The summed E-state index contributed by atoms with van der Waals surface area (Å²) in [6.45, 7) is 8.94. The van der Waals surface area contributed by atoms with Crippen LogP contribution < -0.4 is 10.6 Å². The quantitative estimate of drug-likeness (QED) is 0.374. The van der Waals surface area contributed by atoms with E-state index in [-0.39, 0.29) is 35.0 Å². The van der Waals surface area contributed by atoms with Crippen LogP contribution in [0.5, 0.6) is 5.75 Å². The highest BCUT2D eigenvalue weighted by Crippen LogP contribution is 2.28. The lowest BCUT2D eigenvalue weighted by molar-refractivity contribution is -0.115. The second kappa shape index (κ2) is 10.9. The number of hydrogen-bond donors (Lipinski definition) is 3. The molecule has 9 heteroatoms. The lowest BCUT2D eigenvalue weighted by Crippen LogP contribution is -2.29. The molecule has 0 radical (unpaired) electrons. The van der Waals surface area contributed by atoms with Crippen LogP contribution in [0.1, 0.15) is 66.0 Å². The molecule has 0 aliphatic carbocycles. The molecule has 176 valence electrons. The zero-order valence-corrected chi connectivity index (χ0v) is 21.0. The molecule has 0 spiro atoms. The number of thiazole rings is 2. The van der Waals surface area contributed by atoms with Gasteiger partial charge in [-0.05, 0) is 29.9 Å². The van der Waals surface area contributed by atoms with Gasteiger partial charge in [0, 0.05) is 29.4 Å². The second-order valence-corrected chi connectivity index (χ2v) is 11.0. The van der Waals surface area contributed by atoms with E-state index in [9.17, 15) is 14.7 Å². The molecular formula is C24H30N4O3S2. The molecule has 3 rings (SSSR count). The summed E-state index contributed by atoms with van der Waals surface area (Å²) in [5.74, 6) is -0.0462. The predicted molar refractivity (Wildman–Crippen MR) is 133 cm³/mol. The molecule has 33 heavy (non-hydrogen) atoms. The number of nitrogens with one attached hydrogen (secondary N) is 2. The number of phenols is 1. The van der Waals surface area contributed by atoms with Crippen LogP contribution in [-0.4, -0.2) is 33.4 Å². The third-order valence-corrected chi connectivity index (χ3v) is 7.26. The fraction of sp³-hybridized carbons (Fsp3) is 0.417. The number of anilines is 1. The van der Waals surface area contributed by atoms with Gasteiger partial charge in [-0.1, -0.05) is 39.8 Å². The maximum Gasteiger partial charge on any atom is 0.255 e. The van der Waals surface area contributed by atoms with Crippen LogP contribution >= 0.6 is 22.7 Å². The van der Waals surface area contributed by atoms with Gasteiger partial charge >= 0.3 is 0 Å². The molecule has 7 nitrogen and oxygen atoms in total. The smallest absolute Gasteiger partial charge is 0.255 e. The highest BCUT2D eigenvalue weighted by molar-refractivity contribution is 7.15. The largest absolute Gasteiger partial charge is 0.507 e. The van der Waals surface area contributed by atoms with Gasteiger partial charge in [0.15, 0.2) is 5.13 Å². The Labute approximate surface area is 202 Å². The van der Waals surface area contributed by atoms with Crippen LogP contribution in [0, 0.1) is 5.41 Å². The zero-order chi connectivity index (χ0) is 24.0. The van der Waals surface area contributed by atoms with E-state index >= 15 is 0 Å². The van der Waals surface area contributed by atoms with Gasteiger partial charge < -0.3 is 15.7 Å². The van der Waals surface area contributed by atoms with Gasteiger partial charge in [-0.3, -0.25) is 9.59 Å². The molecule has 0 saturated heterocycles. The van der Waals surface area contributed by atoms with Gasteiger partial charge in [-0.15, -0.1) is 22.7 Å². The fourth-order valence-electron chi connectivity index (χ4n) is 3.22. The summed E-state index contributed by atoms with van der Waals surface area (Å²) >= 11 is 3.04. The molecule has 0 saturated carbocycles. The van der Waals surface area contributed by atoms with Crippen molar-refractivity contribution in [2.24, 2.45) is 5.41 Å². The van der Waals surface area contributed by atoms with Crippen molar-refractivity contribution in [1.29, 1.82) is 0 Å². The molecule has 2 heterocycles. The number of para-hydroxylation sites is 1. The highest BCUT2D eigenvalue weighted by Gasteiger charge is 2.21. The van der Waals surface area contributed by atoms with Gasteiger partial charge in [-0.25, -0.2) is 9.97 Å². The van der Waals surface area contributed by atoms with Crippen LogP contribution in [0.2, 0.25) is 0 Å². The molecule has 2 aromatic heterocycles. The summed E-state index contributed by atoms with van der Waals surface area (Å²) in [6.07, 6.45) is 3.52. The van der Waals surface area contributed by atoms with E-state index in [0.29, 0.717) is 17.6 Å². The zero-order valence-electron chi connectivity index (χ0n) is 19.3. The molecular weight excluding hydrogens is 456 g/mol. The third kappa shape index (κ3) is 7.36. The lowest BCUT2D eigenvalue weighted by Gasteiger charge is -2.23. The molecule has 1 aromatic carbocycles. The van der Waals surface area contributed by atoms with E-state index in [0.717, 1.165) is 28.4 Å². The average Bonchev–Trinajstić information content (AvgIpc) is 3.37. The Bertz CT molecular complexity index is 1100. The van der Waals surface area contributed by atoms with Crippen LogP contribution in [0.25, 0.3) is 0 Å². The van der Waals surface area contributed by atoms with E-state index in [1.807, 2.05) is 5.38 Å². The first kappa shape index (κ1) is 24.9. The van der Waals surface area contributed by atoms with Gasteiger partial charge in [0.1, 0.15) is 5.75 Å². The number of benzene rings is 1. The number of phenolic OH excluding ortho intramolecular Hbond substituents is 1. The van der Waals surface area contributed by atoms with Crippen molar-refractivity contribution in [3.63, 3.8) is 0 Å².